The Morgan fingerprint density at radius 3 is 2.45 bits per heavy atom. The first-order valence-corrected chi connectivity index (χ1v) is 15.9. The molecule has 0 fully saturated rings. The van der Waals surface area contributed by atoms with Crippen molar-refractivity contribution in [2.45, 2.75) is 25.7 Å². The normalized spacial score (nSPS) is 15.2. The predicted octanol–water partition coefficient (Wildman–Crippen LogP) is 7.08. The number of fused-ring (bicyclic) bond motifs is 1. The zero-order chi connectivity index (χ0) is 31.8. The zero-order valence-corrected chi connectivity index (χ0v) is 27.7. The van der Waals surface area contributed by atoms with Crippen LogP contribution in [0.15, 0.2) is 86.2 Å². The van der Waals surface area contributed by atoms with Crippen molar-refractivity contribution >= 4 is 73.5 Å². The smallest absolute Gasteiger partial charge is 0.434 e. The maximum atomic E-state index is 14.3. The Balaban J connectivity index is 1.61. The number of carbonyl (C=O) groups is 1. The van der Waals surface area contributed by atoms with E-state index in [9.17, 15) is 27.2 Å². The molecule has 44 heavy (non-hydrogen) atoms. The van der Waals surface area contributed by atoms with Crippen LogP contribution in [0.3, 0.4) is 0 Å². The number of hydrogen-bond acceptors (Lipinski definition) is 6. The van der Waals surface area contributed by atoms with E-state index in [0.29, 0.717) is 24.4 Å². The minimum atomic E-state index is -5.01. The molecule has 228 valence electrons. The third-order valence-electron chi connectivity index (χ3n) is 6.40. The number of allylic oxidation sites excluding steroid dienone is 1. The Hall–Kier alpha value is -3.01. The van der Waals surface area contributed by atoms with E-state index in [1.807, 2.05) is 0 Å². The van der Waals surface area contributed by atoms with Gasteiger partial charge >= 0.3 is 12.1 Å². The minimum Gasteiger partial charge on any atom is -0.487 e. The van der Waals surface area contributed by atoms with E-state index >= 15 is 0 Å². The lowest BCUT2D eigenvalue weighted by molar-refractivity contribution is -0.140. The molecule has 5 rings (SSSR count). The zero-order valence-electron chi connectivity index (χ0n) is 22.4. The molecule has 0 bridgehead atoms. The summed E-state index contributed by atoms with van der Waals surface area (Å²) in [7, 11) is 0. The summed E-state index contributed by atoms with van der Waals surface area (Å²) in [6.07, 6.45) is -3.48. The Morgan fingerprint density at radius 2 is 1.84 bits per heavy atom. The molecule has 14 heteroatoms. The second kappa shape index (κ2) is 13.2. The van der Waals surface area contributed by atoms with Gasteiger partial charge in [0.25, 0.3) is 5.56 Å². The summed E-state index contributed by atoms with van der Waals surface area (Å²) in [5.74, 6) is -1.07. The topological polar surface area (TPSA) is 69.9 Å². The number of alkyl halides is 3. The van der Waals surface area contributed by atoms with Crippen molar-refractivity contribution in [1.82, 2.24) is 4.57 Å². The van der Waals surface area contributed by atoms with E-state index in [0.717, 1.165) is 21.5 Å². The van der Waals surface area contributed by atoms with Gasteiger partial charge in [-0.05, 0) is 105 Å². The van der Waals surface area contributed by atoms with Gasteiger partial charge in [-0.25, -0.2) is 14.2 Å². The molecule has 6 nitrogen and oxygen atoms in total. The van der Waals surface area contributed by atoms with Gasteiger partial charge in [0.05, 0.1) is 30.8 Å². The van der Waals surface area contributed by atoms with Crippen LogP contribution < -0.4 is 19.6 Å². The van der Waals surface area contributed by atoms with Gasteiger partial charge in [-0.3, -0.25) is 9.36 Å². The second-order valence-electron chi connectivity index (χ2n) is 9.34. The summed E-state index contributed by atoms with van der Waals surface area (Å²) in [5.41, 5.74) is -1.32. The minimum absolute atomic E-state index is 0.0945. The first kappa shape index (κ1) is 32.4. The molecule has 1 aromatic heterocycles. The molecule has 0 N–H and O–H groups in total. The van der Waals surface area contributed by atoms with Crippen molar-refractivity contribution in [2.75, 3.05) is 6.61 Å². The van der Waals surface area contributed by atoms with Crippen LogP contribution in [-0.2, 0) is 16.1 Å². The average Bonchev–Trinajstić information content (AvgIpc) is 3.27. The van der Waals surface area contributed by atoms with Crippen molar-refractivity contribution in [1.29, 1.82) is 0 Å². The van der Waals surface area contributed by atoms with Crippen molar-refractivity contribution in [3.63, 3.8) is 0 Å². The van der Waals surface area contributed by atoms with E-state index in [2.05, 4.69) is 43.5 Å². The quantitative estimate of drug-likeness (QED) is 0.114. The van der Waals surface area contributed by atoms with Crippen LogP contribution >= 0.6 is 61.5 Å². The number of ether oxygens (including phenoxy) is 2. The number of aromatic nitrogens is 1. The molecule has 0 aliphatic carbocycles. The third kappa shape index (κ3) is 6.80. The number of benzene rings is 3. The van der Waals surface area contributed by atoms with E-state index < -0.39 is 35.0 Å². The van der Waals surface area contributed by atoms with Gasteiger partial charge in [-0.15, -0.1) is 0 Å². The van der Waals surface area contributed by atoms with Crippen LogP contribution in [0.25, 0.3) is 6.08 Å². The van der Waals surface area contributed by atoms with Crippen molar-refractivity contribution in [2.24, 2.45) is 4.99 Å². The lowest BCUT2D eigenvalue weighted by Gasteiger charge is -2.26. The van der Waals surface area contributed by atoms with E-state index in [4.69, 9.17) is 21.1 Å². The van der Waals surface area contributed by atoms with Crippen LogP contribution in [-0.4, -0.2) is 23.3 Å². The molecule has 0 amide bonds. The van der Waals surface area contributed by atoms with Crippen molar-refractivity contribution in [3.05, 3.63) is 127 Å². The van der Waals surface area contributed by atoms with Crippen LogP contribution in [0.2, 0.25) is 5.02 Å². The van der Waals surface area contributed by atoms with E-state index in [1.165, 1.54) is 49.4 Å². The molecule has 3 aromatic carbocycles. The molecular formula is C30H19BrClF4IN2O4S. The fraction of sp³-hybridized carbons (Fsp3) is 0.167. The second-order valence-corrected chi connectivity index (χ2v) is 12.8. The number of rotatable bonds is 7. The summed E-state index contributed by atoms with van der Waals surface area (Å²) in [5, 5.41) is 0.323. The third-order valence-corrected chi connectivity index (χ3v) is 9.02. The first-order valence-electron chi connectivity index (χ1n) is 12.8. The number of esters is 1. The monoisotopic (exact) mass is 820 g/mol. The summed E-state index contributed by atoms with van der Waals surface area (Å²) < 4.78 is 69.5. The number of thiazole rings is 1. The fourth-order valence-corrected chi connectivity index (χ4v) is 7.38. The summed E-state index contributed by atoms with van der Waals surface area (Å²) in [4.78, 5) is 30.3. The molecule has 2 heterocycles. The maximum Gasteiger partial charge on any atom is 0.434 e. The SMILES string of the molecule is CCOC(=O)C1=C(C(F)(F)F)N=c2s/c(=C\c3cc(Br)c(OCc4ccc(F)cc4)c(I)c3)c(=O)n2[C@@H]1c1ccc(Cl)cc1. The van der Waals surface area contributed by atoms with Crippen LogP contribution in [0.4, 0.5) is 17.6 Å². The molecule has 1 aliphatic heterocycles. The lowest BCUT2D eigenvalue weighted by Crippen LogP contribution is -2.41. The highest BCUT2D eigenvalue weighted by molar-refractivity contribution is 14.1. The van der Waals surface area contributed by atoms with E-state index in [1.54, 1.807) is 24.3 Å². The van der Waals surface area contributed by atoms with Crippen LogP contribution in [0, 0.1) is 9.39 Å². The van der Waals surface area contributed by atoms with Gasteiger partial charge in [0.15, 0.2) is 10.5 Å². The van der Waals surface area contributed by atoms with Gasteiger partial charge < -0.3 is 9.47 Å². The highest BCUT2D eigenvalue weighted by Crippen LogP contribution is 2.38. The van der Waals surface area contributed by atoms with Gasteiger partial charge in [0.2, 0.25) is 0 Å². The summed E-state index contributed by atoms with van der Waals surface area (Å²) in [6, 6.07) is 13.7. The first-order chi connectivity index (χ1) is 20.9. The maximum absolute atomic E-state index is 14.3. The highest BCUT2D eigenvalue weighted by Gasteiger charge is 2.45. The Bertz CT molecular complexity index is 1940. The Kier molecular flexibility index (Phi) is 9.68. The molecule has 1 aliphatic rings. The average molecular weight is 822 g/mol. The van der Waals surface area contributed by atoms with E-state index in [-0.39, 0.29) is 33.9 Å². The molecule has 0 spiro atoms. The lowest BCUT2D eigenvalue weighted by atomic mass is 9.95. The molecular weight excluding hydrogens is 803 g/mol. The summed E-state index contributed by atoms with van der Waals surface area (Å²) in [6.45, 7) is 1.47. The number of hydrogen-bond donors (Lipinski definition) is 0. The van der Waals surface area contributed by atoms with Gasteiger partial charge in [0, 0.05) is 5.02 Å². The van der Waals surface area contributed by atoms with Gasteiger partial charge in [0.1, 0.15) is 18.2 Å². The van der Waals surface area contributed by atoms with Gasteiger partial charge in [-0.2, -0.15) is 13.2 Å². The molecule has 0 radical (unpaired) electrons. The van der Waals surface area contributed by atoms with Crippen molar-refractivity contribution in [3.8, 4) is 5.75 Å². The standard InChI is InChI=1S/C30H19BrClF4IN2O4S/c1-2-42-28(41)23-24(17-5-7-18(32)8-6-17)39-27(40)22(44-29(39)38-26(23)30(34,35)36)13-16-11-20(31)25(21(37)12-16)43-14-15-3-9-19(33)10-4-15/h3-13,24H,2,14H2,1H3/b22-13-/t24-/m1/s1. The summed E-state index contributed by atoms with van der Waals surface area (Å²) >= 11 is 12.3. The molecule has 0 saturated heterocycles. The number of halogens is 7. The van der Waals surface area contributed by atoms with Gasteiger partial charge in [-0.1, -0.05) is 47.2 Å². The Labute approximate surface area is 278 Å². The number of nitrogens with zero attached hydrogens (tertiary/aromatic N) is 2. The predicted molar refractivity (Wildman–Crippen MR) is 170 cm³/mol. The molecule has 1 atom stereocenters. The highest BCUT2D eigenvalue weighted by atomic mass is 127. The number of carbonyl (C=O) groups excluding carboxylic acids is 1. The van der Waals surface area contributed by atoms with Crippen molar-refractivity contribution < 1.29 is 31.8 Å². The molecule has 0 saturated carbocycles. The Morgan fingerprint density at radius 1 is 1.16 bits per heavy atom. The largest absolute Gasteiger partial charge is 0.487 e. The fourth-order valence-electron chi connectivity index (χ4n) is 4.49. The van der Waals surface area contributed by atoms with Crippen LogP contribution in [0.1, 0.15) is 29.7 Å². The molecule has 4 aromatic rings. The van der Waals surface area contributed by atoms with Crippen LogP contribution in [0.5, 0.6) is 5.75 Å². The molecule has 0 unspecified atom stereocenters.